The Labute approximate surface area is 142 Å². The van der Waals surface area contributed by atoms with Gasteiger partial charge in [0, 0.05) is 24.0 Å². The second kappa shape index (κ2) is 8.88. The fourth-order valence-corrected chi connectivity index (χ4v) is 2.16. The molecule has 128 valence electrons. The summed E-state index contributed by atoms with van der Waals surface area (Å²) >= 11 is 0. The van der Waals surface area contributed by atoms with Crippen molar-refractivity contribution in [3.63, 3.8) is 0 Å². The number of amides is 1. The summed E-state index contributed by atoms with van der Waals surface area (Å²) in [7, 11) is 5.70. The van der Waals surface area contributed by atoms with Crippen LogP contribution in [0, 0.1) is 0 Å². The SMILES string of the molecule is COc1ccc(NC(=O)c2ccnc(NCCCN(C)C)c2)cc1. The van der Waals surface area contributed by atoms with Crippen LogP contribution in [0.2, 0.25) is 0 Å². The van der Waals surface area contributed by atoms with Crippen LogP contribution < -0.4 is 15.4 Å². The second-order valence-electron chi connectivity index (χ2n) is 5.70. The molecule has 0 saturated heterocycles. The lowest BCUT2D eigenvalue weighted by Gasteiger charge is -2.11. The van der Waals surface area contributed by atoms with Gasteiger partial charge >= 0.3 is 0 Å². The number of methoxy groups -OCH3 is 1. The van der Waals surface area contributed by atoms with Crippen LogP contribution in [0.25, 0.3) is 0 Å². The second-order valence-corrected chi connectivity index (χ2v) is 5.70. The van der Waals surface area contributed by atoms with Gasteiger partial charge in [-0.1, -0.05) is 0 Å². The van der Waals surface area contributed by atoms with Gasteiger partial charge in [0.2, 0.25) is 0 Å². The lowest BCUT2D eigenvalue weighted by molar-refractivity contribution is 0.102. The average Bonchev–Trinajstić information content (AvgIpc) is 2.59. The van der Waals surface area contributed by atoms with E-state index >= 15 is 0 Å². The number of carbonyl (C=O) groups excluding carboxylic acids is 1. The summed E-state index contributed by atoms with van der Waals surface area (Å²) in [6, 6.07) is 10.7. The van der Waals surface area contributed by atoms with E-state index in [1.165, 1.54) is 0 Å². The maximum Gasteiger partial charge on any atom is 0.255 e. The van der Waals surface area contributed by atoms with E-state index < -0.39 is 0 Å². The zero-order valence-corrected chi connectivity index (χ0v) is 14.4. The molecule has 24 heavy (non-hydrogen) atoms. The zero-order chi connectivity index (χ0) is 17.4. The highest BCUT2D eigenvalue weighted by atomic mass is 16.5. The van der Waals surface area contributed by atoms with Crippen LogP contribution in [0.3, 0.4) is 0 Å². The largest absolute Gasteiger partial charge is 0.497 e. The first-order chi connectivity index (χ1) is 11.6. The van der Waals surface area contributed by atoms with Gasteiger partial charge in [-0.3, -0.25) is 4.79 Å². The van der Waals surface area contributed by atoms with Gasteiger partial charge in [-0.15, -0.1) is 0 Å². The fourth-order valence-electron chi connectivity index (χ4n) is 2.16. The molecule has 6 heteroatoms. The minimum absolute atomic E-state index is 0.168. The summed E-state index contributed by atoms with van der Waals surface area (Å²) < 4.78 is 5.10. The molecule has 0 spiro atoms. The molecule has 2 aromatic rings. The van der Waals surface area contributed by atoms with E-state index in [9.17, 15) is 4.79 Å². The molecule has 2 rings (SSSR count). The Kier molecular flexibility index (Phi) is 6.57. The van der Waals surface area contributed by atoms with E-state index in [2.05, 4.69) is 20.5 Å². The highest BCUT2D eigenvalue weighted by molar-refractivity contribution is 6.04. The number of hydrogen-bond acceptors (Lipinski definition) is 5. The zero-order valence-electron chi connectivity index (χ0n) is 14.4. The molecule has 2 N–H and O–H groups in total. The third-order valence-corrected chi connectivity index (χ3v) is 3.46. The molecule has 1 heterocycles. The molecule has 0 aliphatic rings. The van der Waals surface area contributed by atoms with Gasteiger partial charge in [0.25, 0.3) is 5.91 Å². The smallest absolute Gasteiger partial charge is 0.255 e. The van der Waals surface area contributed by atoms with Crippen LogP contribution in [0.15, 0.2) is 42.6 Å². The minimum atomic E-state index is -0.168. The van der Waals surface area contributed by atoms with Crippen molar-refractivity contribution < 1.29 is 9.53 Å². The molecule has 0 atom stereocenters. The van der Waals surface area contributed by atoms with Gasteiger partial charge in [-0.25, -0.2) is 4.98 Å². The number of hydrogen-bond donors (Lipinski definition) is 2. The van der Waals surface area contributed by atoms with Crippen LogP contribution in [0.1, 0.15) is 16.8 Å². The first-order valence-corrected chi connectivity index (χ1v) is 7.88. The average molecular weight is 328 g/mol. The molecule has 0 aliphatic heterocycles. The first kappa shape index (κ1) is 17.7. The fraction of sp³-hybridized carbons (Fsp3) is 0.333. The van der Waals surface area contributed by atoms with E-state index in [0.29, 0.717) is 11.4 Å². The number of carbonyl (C=O) groups is 1. The first-order valence-electron chi connectivity index (χ1n) is 7.88. The number of nitrogens with zero attached hydrogens (tertiary/aromatic N) is 2. The van der Waals surface area contributed by atoms with Crippen molar-refractivity contribution in [2.75, 3.05) is 44.9 Å². The molecule has 0 aliphatic carbocycles. The molecule has 1 amide bonds. The minimum Gasteiger partial charge on any atom is -0.497 e. The number of anilines is 2. The predicted octanol–water partition coefficient (Wildman–Crippen LogP) is 2.71. The summed E-state index contributed by atoms with van der Waals surface area (Å²) in [5.74, 6) is 1.29. The molecule has 6 nitrogen and oxygen atoms in total. The van der Waals surface area contributed by atoms with Gasteiger partial charge in [0.05, 0.1) is 7.11 Å². The lowest BCUT2D eigenvalue weighted by atomic mass is 10.2. The van der Waals surface area contributed by atoms with Gasteiger partial charge in [-0.2, -0.15) is 0 Å². The third-order valence-electron chi connectivity index (χ3n) is 3.46. The van der Waals surface area contributed by atoms with Gasteiger partial charge in [0.1, 0.15) is 11.6 Å². The Morgan fingerprint density at radius 2 is 1.96 bits per heavy atom. The summed E-state index contributed by atoms with van der Waals surface area (Å²) in [6.07, 6.45) is 2.65. The standard InChI is InChI=1S/C18H24N4O2/c1-22(2)12-4-10-19-17-13-14(9-11-20-17)18(23)21-15-5-7-16(24-3)8-6-15/h5-9,11,13H,4,10,12H2,1-3H3,(H,19,20)(H,21,23). The Balaban J connectivity index is 1.92. The molecule has 0 fully saturated rings. The maximum absolute atomic E-state index is 12.3. The van der Waals surface area contributed by atoms with E-state index in [1.54, 1.807) is 49.7 Å². The van der Waals surface area contributed by atoms with E-state index in [0.717, 1.165) is 30.9 Å². The molecular weight excluding hydrogens is 304 g/mol. The number of ether oxygens (including phenoxy) is 1. The van der Waals surface area contributed by atoms with Crippen LogP contribution >= 0.6 is 0 Å². The summed E-state index contributed by atoms with van der Waals surface area (Å²) in [5, 5.41) is 6.10. The summed E-state index contributed by atoms with van der Waals surface area (Å²) in [5.41, 5.74) is 1.29. The van der Waals surface area contributed by atoms with Gasteiger partial charge in [0.15, 0.2) is 0 Å². The number of aromatic nitrogens is 1. The number of rotatable bonds is 8. The van der Waals surface area contributed by atoms with Crippen molar-refractivity contribution in [1.29, 1.82) is 0 Å². The molecule has 0 saturated carbocycles. The third kappa shape index (κ3) is 5.55. The Morgan fingerprint density at radius 1 is 1.21 bits per heavy atom. The van der Waals surface area contributed by atoms with Crippen molar-refractivity contribution >= 4 is 17.4 Å². The van der Waals surface area contributed by atoms with E-state index in [4.69, 9.17) is 4.74 Å². The predicted molar refractivity (Wildman–Crippen MR) is 96.8 cm³/mol. The van der Waals surface area contributed by atoms with Crippen LogP contribution in [-0.4, -0.2) is 50.1 Å². The maximum atomic E-state index is 12.3. The quantitative estimate of drug-likeness (QED) is 0.729. The van der Waals surface area contributed by atoms with Gasteiger partial charge < -0.3 is 20.3 Å². The van der Waals surface area contributed by atoms with Crippen LogP contribution in [0.5, 0.6) is 5.75 Å². The topological polar surface area (TPSA) is 66.5 Å². The van der Waals surface area contributed by atoms with Crippen molar-refractivity contribution in [2.45, 2.75) is 6.42 Å². The molecular formula is C18H24N4O2. The molecule has 0 bridgehead atoms. The highest BCUT2D eigenvalue weighted by Gasteiger charge is 2.07. The summed E-state index contributed by atoms with van der Waals surface area (Å²) in [6.45, 7) is 1.82. The molecule has 0 unspecified atom stereocenters. The number of benzene rings is 1. The van der Waals surface area contributed by atoms with Crippen molar-refractivity contribution in [2.24, 2.45) is 0 Å². The van der Waals surface area contributed by atoms with Crippen molar-refractivity contribution in [3.05, 3.63) is 48.2 Å². The van der Waals surface area contributed by atoms with Gasteiger partial charge in [-0.05, 0) is 63.5 Å². The number of nitrogens with one attached hydrogen (secondary N) is 2. The Bertz CT molecular complexity index is 656. The van der Waals surface area contributed by atoms with Crippen molar-refractivity contribution in [3.8, 4) is 5.75 Å². The molecule has 1 aromatic heterocycles. The van der Waals surface area contributed by atoms with Crippen molar-refractivity contribution in [1.82, 2.24) is 9.88 Å². The Hall–Kier alpha value is -2.60. The molecule has 1 aromatic carbocycles. The monoisotopic (exact) mass is 328 g/mol. The Morgan fingerprint density at radius 3 is 2.62 bits per heavy atom. The summed E-state index contributed by atoms with van der Waals surface area (Å²) in [4.78, 5) is 18.7. The number of pyridine rings is 1. The highest BCUT2D eigenvalue weighted by Crippen LogP contribution is 2.16. The normalized spacial score (nSPS) is 10.5. The van der Waals surface area contributed by atoms with E-state index in [-0.39, 0.29) is 5.91 Å². The molecule has 0 radical (unpaired) electrons. The lowest BCUT2D eigenvalue weighted by Crippen LogP contribution is -2.17. The van der Waals surface area contributed by atoms with Crippen LogP contribution in [-0.2, 0) is 0 Å². The van der Waals surface area contributed by atoms with Crippen LogP contribution in [0.4, 0.5) is 11.5 Å². The van der Waals surface area contributed by atoms with E-state index in [1.807, 2.05) is 14.1 Å².